The average Bonchev–Trinajstić information content (AvgIpc) is 3.04. The van der Waals surface area contributed by atoms with E-state index in [0.29, 0.717) is 18.7 Å². The molecule has 1 heterocycles. The molecule has 1 N–H and O–H groups in total. The predicted molar refractivity (Wildman–Crippen MR) is 87.5 cm³/mol. The normalized spacial score (nSPS) is 16.1. The van der Waals surface area contributed by atoms with Crippen molar-refractivity contribution >= 4 is 21.7 Å². The van der Waals surface area contributed by atoms with Crippen molar-refractivity contribution in [1.82, 2.24) is 10.2 Å². The van der Waals surface area contributed by atoms with Crippen molar-refractivity contribution in [2.75, 3.05) is 25.1 Å². The lowest BCUT2D eigenvalue weighted by atomic mass is 10.1. The Kier molecular flexibility index (Phi) is 5.76. The quantitative estimate of drug-likeness (QED) is 0.835. The number of nitrogens with zero attached hydrogens (tertiary/aromatic N) is 1. The van der Waals surface area contributed by atoms with Crippen LogP contribution >= 0.6 is 0 Å². The second kappa shape index (κ2) is 7.59. The van der Waals surface area contributed by atoms with Gasteiger partial charge < -0.3 is 10.2 Å². The first-order chi connectivity index (χ1) is 10.9. The number of sulfone groups is 1. The van der Waals surface area contributed by atoms with Crippen molar-refractivity contribution in [2.45, 2.75) is 25.3 Å². The van der Waals surface area contributed by atoms with Gasteiger partial charge in [-0.25, -0.2) is 8.42 Å². The highest BCUT2D eigenvalue weighted by atomic mass is 32.2. The highest BCUT2D eigenvalue weighted by Gasteiger charge is 2.29. The third-order valence-electron chi connectivity index (χ3n) is 3.80. The lowest BCUT2D eigenvalue weighted by Crippen LogP contribution is -2.42. The van der Waals surface area contributed by atoms with E-state index >= 15 is 0 Å². The fourth-order valence-corrected chi connectivity index (χ4v) is 3.12. The molecule has 1 aromatic rings. The second-order valence-electron chi connectivity index (χ2n) is 5.82. The van der Waals surface area contributed by atoms with Crippen LogP contribution in [0, 0.1) is 0 Å². The fourth-order valence-electron chi connectivity index (χ4n) is 2.56. The average molecular weight is 338 g/mol. The Bertz CT molecular complexity index is 652. The Balaban J connectivity index is 2.10. The minimum absolute atomic E-state index is 0.138. The van der Waals surface area contributed by atoms with Gasteiger partial charge in [0.05, 0.1) is 5.75 Å². The minimum atomic E-state index is -3.21. The van der Waals surface area contributed by atoms with E-state index in [4.69, 9.17) is 0 Å². The minimum Gasteiger partial charge on any atom is -0.341 e. The Morgan fingerprint density at radius 1 is 1.17 bits per heavy atom. The standard InChI is InChI=1S/C16H22N2O4S/c1-23(21,22)12-9-14(19)17-15(13-7-3-2-4-8-13)16(20)18-10-5-6-11-18/h2-4,7-8,15H,5-6,9-12H2,1H3,(H,17,19). The monoisotopic (exact) mass is 338 g/mol. The van der Waals surface area contributed by atoms with Gasteiger partial charge in [-0.2, -0.15) is 0 Å². The molecule has 1 aliphatic heterocycles. The molecule has 0 saturated carbocycles. The van der Waals surface area contributed by atoms with E-state index in [1.54, 1.807) is 17.0 Å². The lowest BCUT2D eigenvalue weighted by Gasteiger charge is -2.24. The molecule has 0 bridgehead atoms. The van der Waals surface area contributed by atoms with Gasteiger partial charge in [-0.1, -0.05) is 30.3 Å². The molecule has 1 saturated heterocycles. The van der Waals surface area contributed by atoms with Crippen LogP contribution in [0.15, 0.2) is 30.3 Å². The second-order valence-corrected chi connectivity index (χ2v) is 8.08. The molecule has 0 radical (unpaired) electrons. The molecule has 1 aliphatic rings. The van der Waals surface area contributed by atoms with Gasteiger partial charge in [-0.15, -0.1) is 0 Å². The van der Waals surface area contributed by atoms with Crippen LogP contribution in [0.1, 0.15) is 30.9 Å². The van der Waals surface area contributed by atoms with Crippen molar-refractivity contribution in [2.24, 2.45) is 0 Å². The molecule has 0 aliphatic carbocycles. The maximum Gasteiger partial charge on any atom is 0.249 e. The van der Waals surface area contributed by atoms with Gasteiger partial charge in [0.15, 0.2) is 0 Å². The number of rotatable bonds is 6. The highest BCUT2D eigenvalue weighted by molar-refractivity contribution is 7.90. The maximum absolute atomic E-state index is 12.7. The van der Waals surface area contributed by atoms with Gasteiger partial charge in [-0.3, -0.25) is 9.59 Å². The van der Waals surface area contributed by atoms with Gasteiger partial charge >= 0.3 is 0 Å². The van der Waals surface area contributed by atoms with Crippen molar-refractivity contribution in [1.29, 1.82) is 0 Å². The first-order valence-electron chi connectivity index (χ1n) is 7.67. The van der Waals surface area contributed by atoms with Crippen molar-refractivity contribution in [3.05, 3.63) is 35.9 Å². The van der Waals surface area contributed by atoms with E-state index in [9.17, 15) is 18.0 Å². The summed E-state index contributed by atoms with van der Waals surface area (Å²) >= 11 is 0. The van der Waals surface area contributed by atoms with E-state index in [1.807, 2.05) is 18.2 Å². The number of likely N-dealkylation sites (tertiary alicyclic amines) is 1. The molecule has 0 aromatic heterocycles. The Labute approximate surface area is 136 Å². The molecule has 1 unspecified atom stereocenters. The number of benzene rings is 1. The first-order valence-corrected chi connectivity index (χ1v) is 9.74. The van der Waals surface area contributed by atoms with Crippen molar-refractivity contribution < 1.29 is 18.0 Å². The van der Waals surface area contributed by atoms with Crippen LogP contribution in [-0.2, 0) is 19.4 Å². The molecule has 0 spiro atoms. The topological polar surface area (TPSA) is 83.5 Å². The van der Waals surface area contributed by atoms with E-state index in [0.717, 1.165) is 19.1 Å². The SMILES string of the molecule is CS(=O)(=O)CCC(=O)NC(C(=O)N1CCCC1)c1ccccc1. The Morgan fingerprint density at radius 2 is 1.78 bits per heavy atom. The van der Waals surface area contributed by atoms with Crippen LogP contribution in [0.25, 0.3) is 0 Å². The summed E-state index contributed by atoms with van der Waals surface area (Å²) in [6.07, 6.45) is 2.88. The molecule has 126 valence electrons. The third kappa shape index (κ3) is 5.35. The molecule has 1 atom stereocenters. The summed E-state index contributed by atoms with van der Waals surface area (Å²) in [5, 5.41) is 2.69. The molecule has 1 fully saturated rings. The van der Waals surface area contributed by atoms with Gasteiger partial charge in [-0.05, 0) is 18.4 Å². The van der Waals surface area contributed by atoms with Crippen LogP contribution in [0.4, 0.5) is 0 Å². The number of hydrogen-bond acceptors (Lipinski definition) is 4. The zero-order chi connectivity index (χ0) is 16.9. The lowest BCUT2D eigenvalue weighted by molar-refractivity contribution is -0.135. The maximum atomic E-state index is 12.7. The zero-order valence-electron chi connectivity index (χ0n) is 13.2. The summed E-state index contributed by atoms with van der Waals surface area (Å²) < 4.78 is 22.4. The number of amides is 2. The van der Waals surface area contributed by atoms with E-state index in [1.165, 1.54) is 0 Å². The van der Waals surface area contributed by atoms with E-state index < -0.39 is 21.8 Å². The smallest absolute Gasteiger partial charge is 0.249 e. The Hall–Kier alpha value is -1.89. The zero-order valence-corrected chi connectivity index (χ0v) is 14.0. The first kappa shape index (κ1) is 17.5. The summed E-state index contributed by atoms with van der Waals surface area (Å²) in [5.41, 5.74) is 0.706. The van der Waals surface area contributed by atoms with Crippen LogP contribution in [0.3, 0.4) is 0 Å². The predicted octanol–water partition coefficient (Wildman–Crippen LogP) is 0.901. The van der Waals surface area contributed by atoms with Crippen LogP contribution in [0.5, 0.6) is 0 Å². The summed E-state index contributed by atoms with van der Waals surface area (Å²) in [6, 6.07) is 8.27. The summed E-state index contributed by atoms with van der Waals surface area (Å²) in [5.74, 6) is -0.795. The molecular weight excluding hydrogens is 316 g/mol. The fraction of sp³-hybridized carbons (Fsp3) is 0.500. The Morgan fingerprint density at radius 3 is 2.35 bits per heavy atom. The van der Waals surface area contributed by atoms with Crippen molar-refractivity contribution in [3.63, 3.8) is 0 Å². The van der Waals surface area contributed by atoms with E-state index in [-0.39, 0.29) is 18.1 Å². The third-order valence-corrected chi connectivity index (χ3v) is 4.75. The molecule has 2 amide bonds. The largest absolute Gasteiger partial charge is 0.341 e. The molecule has 6 nitrogen and oxygen atoms in total. The summed E-state index contributed by atoms with van der Waals surface area (Å²) in [6.45, 7) is 1.39. The number of carbonyl (C=O) groups excluding carboxylic acids is 2. The number of hydrogen-bond donors (Lipinski definition) is 1. The van der Waals surface area contributed by atoms with E-state index in [2.05, 4.69) is 5.32 Å². The number of carbonyl (C=O) groups is 2. The van der Waals surface area contributed by atoms with Gasteiger partial charge in [0.2, 0.25) is 11.8 Å². The molecule has 23 heavy (non-hydrogen) atoms. The van der Waals surface area contributed by atoms with Crippen LogP contribution in [0.2, 0.25) is 0 Å². The summed E-state index contributed by atoms with van der Waals surface area (Å²) in [7, 11) is -3.21. The van der Waals surface area contributed by atoms with Crippen LogP contribution < -0.4 is 5.32 Å². The molecule has 1 aromatic carbocycles. The number of nitrogens with one attached hydrogen (secondary N) is 1. The molecule has 2 rings (SSSR count). The highest BCUT2D eigenvalue weighted by Crippen LogP contribution is 2.19. The molecule has 7 heteroatoms. The van der Waals surface area contributed by atoms with Gasteiger partial charge in [0.25, 0.3) is 0 Å². The van der Waals surface area contributed by atoms with Crippen LogP contribution in [-0.4, -0.2) is 50.2 Å². The van der Waals surface area contributed by atoms with Crippen molar-refractivity contribution in [3.8, 4) is 0 Å². The van der Waals surface area contributed by atoms with Gasteiger partial charge in [0, 0.05) is 25.8 Å². The van der Waals surface area contributed by atoms with Gasteiger partial charge in [0.1, 0.15) is 15.9 Å². The summed E-state index contributed by atoms with van der Waals surface area (Å²) in [4.78, 5) is 26.5. The molecular formula is C16H22N2O4S.